The molecule has 0 heterocycles. The van der Waals surface area contributed by atoms with Crippen LogP contribution in [0.4, 0.5) is 0 Å². The number of likely N-dealkylation sites (N-methyl/N-ethyl adjacent to an activating group) is 1. The topological polar surface area (TPSA) is 94.1 Å². The lowest BCUT2D eigenvalue weighted by molar-refractivity contribution is -0.870. The van der Waals surface area contributed by atoms with Crippen LogP contribution in [0.2, 0.25) is 0 Å². The van der Waals surface area contributed by atoms with Crippen molar-refractivity contribution < 1.29 is 37.3 Å². The van der Waals surface area contributed by atoms with Crippen LogP contribution in [0.1, 0.15) is 142 Å². The minimum absolute atomic E-state index is 0.0192. The molecule has 0 aliphatic heterocycles. The molecule has 2 atom stereocenters. The van der Waals surface area contributed by atoms with E-state index in [2.05, 4.69) is 62.5 Å². The minimum Gasteiger partial charge on any atom is -0.756 e. The van der Waals surface area contributed by atoms with Gasteiger partial charge in [-0.15, -0.1) is 0 Å². The number of ether oxygens (including phenoxy) is 2. The predicted octanol–water partition coefficient (Wildman–Crippen LogP) is 10.2. The van der Waals surface area contributed by atoms with Crippen molar-refractivity contribution in [3.05, 3.63) is 48.6 Å². The molecule has 286 valence electrons. The zero-order valence-corrected chi connectivity index (χ0v) is 33.0. The number of carbonyl (C=O) groups excluding carboxylic acids is 1. The van der Waals surface area contributed by atoms with Gasteiger partial charge >= 0.3 is 5.97 Å². The number of phosphoric ester groups is 1. The Labute approximate surface area is 301 Å². The van der Waals surface area contributed by atoms with Crippen molar-refractivity contribution in [2.75, 3.05) is 54.1 Å². The van der Waals surface area contributed by atoms with Gasteiger partial charge in [-0.2, -0.15) is 0 Å². The van der Waals surface area contributed by atoms with Gasteiger partial charge in [-0.25, -0.2) is 0 Å². The first kappa shape index (κ1) is 47.5. The van der Waals surface area contributed by atoms with Gasteiger partial charge in [0.25, 0.3) is 7.82 Å². The van der Waals surface area contributed by atoms with E-state index >= 15 is 0 Å². The van der Waals surface area contributed by atoms with E-state index in [1.807, 2.05) is 21.1 Å². The summed E-state index contributed by atoms with van der Waals surface area (Å²) in [5.41, 5.74) is 0. The Balaban J connectivity index is 4.35. The second-order valence-corrected chi connectivity index (χ2v) is 15.3. The Morgan fingerprint density at radius 3 is 1.65 bits per heavy atom. The zero-order chi connectivity index (χ0) is 36.3. The lowest BCUT2D eigenvalue weighted by Gasteiger charge is -2.28. The average Bonchev–Trinajstić information content (AvgIpc) is 3.04. The van der Waals surface area contributed by atoms with Crippen molar-refractivity contribution >= 4 is 13.8 Å². The smallest absolute Gasteiger partial charge is 0.306 e. The number of carbonyl (C=O) groups is 1. The molecule has 2 unspecified atom stereocenters. The lowest BCUT2D eigenvalue weighted by atomic mass is 10.1. The van der Waals surface area contributed by atoms with Crippen molar-refractivity contribution in [3.8, 4) is 0 Å². The molecule has 0 fully saturated rings. The van der Waals surface area contributed by atoms with Crippen LogP contribution >= 0.6 is 7.82 Å². The van der Waals surface area contributed by atoms with E-state index in [1.54, 1.807) is 0 Å². The van der Waals surface area contributed by atoms with Gasteiger partial charge in [-0.3, -0.25) is 9.36 Å². The third-order valence-corrected chi connectivity index (χ3v) is 8.78. The molecule has 0 amide bonds. The molecule has 0 aliphatic carbocycles. The molecule has 0 saturated heterocycles. The highest BCUT2D eigenvalue weighted by molar-refractivity contribution is 7.45. The number of rotatable bonds is 35. The van der Waals surface area contributed by atoms with Gasteiger partial charge in [0.15, 0.2) is 0 Å². The minimum atomic E-state index is -4.53. The fourth-order valence-electron chi connectivity index (χ4n) is 4.80. The molecule has 0 saturated carbocycles. The Morgan fingerprint density at radius 1 is 0.633 bits per heavy atom. The molecule has 9 heteroatoms. The fourth-order valence-corrected chi connectivity index (χ4v) is 5.52. The van der Waals surface area contributed by atoms with Gasteiger partial charge in [-0.05, 0) is 64.2 Å². The first-order valence-corrected chi connectivity index (χ1v) is 20.8. The number of hydrogen-bond acceptors (Lipinski definition) is 7. The number of unbranched alkanes of at least 4 members (excludes halogenated alkanes) is 13. The molecule has 49 heavy (non-hydrogen) atoms. The first-order valence-electron chi connectivity index (χ1n) is 19.4. The number of hydrogen-bond donors (Lipinski definition) is 0. The van der Waals surface area contributed by atoms with E-state index in [4.69, 9.17) is 18.5 Å². The van der Waals surface area contributed by atoms with E-state index in [0.29, 0.717) is 24.1 Å². The van der Waals surface area contributed by atoms with Crippen molar-refractivity contribution in [2.45, 2.75) is 148 Å². The summed E-state index contributed by atoms with van der Waals surface area (Å²) < 4.78 is 34.4. The maximum absolute atomic E-state index is 12.6. The normalized spacial score (nSPS) is 14.5. The van der Waals surface area contributed by atoms with E-state index in [9.17, 15) is 14.3 Å². The summed E-state index contributed by atoms with van der Waals surface area (Å²) >= 11 is 0. The van der Waals surface area contributed by atoms with Crippen LogP contribution in [-0.4, -0.2) is 70.7 Å². The highest BCUT2D eigenvalue weighted by Crippen LogP contribution is 2.38. The Kier molecular flexibility index (Phi) is 32.5. The molecular weight excluding hydrogens is 637 g/mol. The molecule has 0 aromatic rings. The lowest BCUT2D eigenvalue weighted by Crippen LogP contribution is -2.37. The van der Waals surface area contributed by atoms with Crippen molar-refractivity contribution in [3.63, 3.8) is 0 Å². The van der Waals surface area contributed by atoms with E-state index in [0.717, 1.165) is 89.9 Å². The van der Waals surface area contributed by atoms with Crippen molar-refractivity contribution in [1.29, 1.82) is 0 Å². The van der Waals surface area contributed by atoms with Gasteiger partial charge < -0.3 is 27.9 Å². The largest absolute Gasteiger partial charge is 0.756 e. The molecule has 0 radical (unpaired) electrons. The maximum atomic E-state index is 12.6. The fraction of sp³-hybridized carbons (Fsp3) is 0.775. The molecular formula is C40H74NO7P. The third kappa shape index (κ3) is 37.5. The number of allylic oxidation sites excluding steroid dienone is 8. The van der Waals surface area contributed by atoms with Gasteiger partial charge in [0.05, 0.1) is 34.4 Å². The van der Waals surface area contributed by atoms with Crippen LogP contribution in [0.3, 0.4) is 0 Å². The van der Waals surface area contributed by atoms with Crippen LogP contribution in [0.5, 0.6) is 0 Å². The molecule has 0 N–H and O–H groups in total. The number of nitrogens with zero attached hydrogens (tertiary/aromatic N) is 1. The van der Waals surface area contributed by atoms with Crippen molar-refractivity contribution in [2.24, 2.45) is 0 Å². The standard InChI is InChI=1S/C40H74NO7P/c1-6-8-10-12-14-16-18-20-22-24-26-28-30-32-35-45-37-39(38-47-49(43,44)46-36-34-41(3,4)5)48-40(42)33-31-29-27-25-23-21-19-17-15-13-11-9-7-2/h10-13,16-19,39H,6-9,14-15,20-38H2,1-5H3/b12-10-,13-11-,18-16-,19-17-. The summed E-state index contributed by atoms with van der Waals surface area (Å²) in [6, 6.07) is 0. The second kappa shape index (κ2) is 33.6. The van der Waals surface area contributed by atoms with Crippen molar-refractivity contribution in [1.82, 2.24) is 0 Å². The summed E-state index contributed by atoms with van der Waals surface area (Å²) in [7, 11) is 1.33. The number of quaternary nitrogens is 1. The van der Waals surface area contributed by atoms with Crippen LogP contribution in [0, 0.1) is 0 Å². The molecule has 0 spiro atoms. The van der Waals surface area contributed by atoms with E-state index in [1.165, 1.54) is 32.1 Å². The summed E-state index contributed by atoms with van der Waals surface area (Å²) in [4.78, 5) is 24.9. The average molecular weight is 712 g/mol. The quantitative estimate of drug-likeness (QED) is 0.0212. The molecule has 0 aromatic heterocycles. The maximum Gasteiger partial charge on any atom is 0.306 e. The monoisotopic (exact) mass is 712 g/mol. The Morgan fingerprint density at radius 2 is 1.12 bits per heavy atom. The Hall–Kier alpha value is -1.54. The summed E-state index contributed by atoms with van der Waals surface area (Å²) in [5.74, 6) is -0.356. The molecule has 0 aromatic carbocycles. The highest BCUT2D eigenvalue weighted by atomic mass is 31.2. The number of phosphoric acid groups is 1. The van der Waals surface area contributed by atoms with E-state index in [-0.39, 0.29) is 25.8 Å². The first-order chi connectivity index (χ1) is 23.6. The Bertz CT molecular complexity index is 926. The van der Waals surface area contributed by atoms with Crippen LogP contribution < -0.4 is 4.89 Å². The molecule has 8 nitrogen and oxygen atoms in total. The molecule has 0 bridgehead atoms. The third-order valence-electron chi connectivity index (χ3n) is 7.81. The molecule has 0 aliphatic rings. The van der Waals surface area contributed by atoms with Gasteiger partial charge in [-0.1, -0.05) is 120 Å². The SMILES string of the molecule is CCC/C=C\C/C=C\CCCCCCCCOCC(COP(=O)([O-])OCC[N+](C)(C)C)OC(=O)CCCCCCC/C=C\C/C=C\CCC. The van der Waals surface area contributed by atoms with Crippen LogP contribution in [0.25, 0.3) is 0 Å². The zero-order valence-electron chi connectivity index (χ0n) is 32.1. The predicted molar refractivity (Wildman–Crippen MR) is 203 cm³/mol. The van der Waals surface area contributed by atoms with Crippen LogP contribution in [0.15, 0.2) is 48.6 Å². The van der Waals surface area contributed by atoms with Crippen LogP contribution in [-0.2, 0) is 27.9 Å². The highest BCUT2D eigenvalue weighted by Gasteiger charge is 2.20. The summed E-state index contributed by atoms with van der Waals surface area (Å²) in [6.07, 6.45) is 38.3. The van der Waals surface area contributed by atoms with Gasteiger partial charge in [0, 0.05) is 13.0 Å². The molecule has 0 rings (SSSR count). The van der Waals surface area contributed by atoms with Gasteiger partial charge in [0.1, 0.15) is 19.3 Å². The number of esters is 1. The van der Waals surface area contributed by atoms with Gasteiger partial charge in [0.2, 0.25) is 0 Å². The summed E-state index contributed by atoms with van der Waals surface area (Å²) in [6.45, 7) is 5.22. The summed E-state index contributed by atoms with van der Waals surface area (Å²) in [5, 5.41) is 0. The van der Waals surface area contributed by atoms with E-state index < -0.39 is 13.9 Å². The second-order valence-electron chi connectivity index (χ2n) is 13.9.